The molecular formula is C15H16N6O8S. The minimum absolute atomic E-state index is 0. The fourth-order valence-corrected chi connectivity index (χ4v) is 3.01. The number of nitrogens with zero attached hydrogens (tertiary/aromatic N) is 4. The molecule has 0 saturated carbocycles. The average molecular weight is 440 g/mol. The van der Waals surface area contributed by atoms with Crippen LogP contribution in [0.4, 0.5) is 11.4 Å². The Kier molecular flexibility index (Phi) is 6.65. The number of nitro groups is 1. The number of hydrazine groups is 4. The molecule has 3 rings (SSSR count). The van der Waals surface area contributed by atoms with E-state index in [2.05, 4.69) is 10.9 Å². The molecule has 0 aliphatic carbocycles. The molecule has 0 unspecified atom stereocenters. The number of para-hydroxylation sites is 1. The van der Waals surface area contributed by atoms with Crippen LogP contribution in [0.5, 0.6) is 0 Å². The summed E-state index contributed by atoms with van der Waals surface area (Å²) in [5, 5.41) is 14.1. The van der Waals surface area contributed by atoms with E-state index in [1.807, 2.05) is 0 Å². The maximum atomic E-state index is 12.8. The van der Waals surface area contributed by atoms with E-state index in [0.717, 1.165) is 22.1 Å². The van der Waals surface area contributed by atoms with Crippen molar-refractivity contribution in [2.45, 2.75) is 4.90 Å². The van der Waals surface area contributed by atoms with Crippen LogP contribution in [-0.4, -0.2) is 57.4 Å². The van der Waals surface area contributed by atoms with Crippen molar-refractivity contribution in [3.05, 3.63) is 64.7 Å². The summed E-state index contributed by atoms with van der Waals surface area (Å²) in [6.07, 6.45) is 0. The molecule has 0 spiro atoms. The molecule has 0 aromatic heterocycles. The van der Waals surface area contributed by atoms with E-state index >= 15 is 0 Å². The molecule has 160 valence electrons. The van der Waals surface area contributed by atoms with E-state index in [9.17, 15) is 27.9 Å². The van der Waals surface area contributed by atoms with Crippen LogP contribution in [0.25, 0.3) is 0 Å². The number of nitrogens with one attached hydrogen (secondary N) is 2. The van der Waals surface area contributed by atoms with Gasteiger partial charge in [-0.15, -0.1) is 0 Å². The highest BCUT2D eigenvalue weighted by Gasteiger charge is 2.52. The van der Waals surface area contributed by atoms with E-state index in [1.165, 1.54) is 19.2 Å². The smallest absolute Gasteiger partial charge is 0.461 e. The van der Waals surface area contributed by atoms with E-state index in [1.54, 1.807) is 30.3 Å². The van der Waals surface area contributed by atoms with Crippen molar-refractivity contribution in [1.29, 1.82) is 0 Å². The van der Waals surface area contributed by atoms with Gasteiger partial charge in [-0.25, -0.2) is 15.0 Å². The predicted octanol–water partition coefficient (Wildman–Crippen LogP) is 0.143. The van der Waals surface area contributed by atoms with E-state index in [-0.39, 0.29) is 11.2 Å². The summed E-state index contributed by atoms with van der Waals surface area (Å²) in [5.41, 5.74) is 2.58. The van der Waals surface area contributed by atoms with Crippen molar-refractivity contribution >= 4 is 33.2 Å². The predicted molar refractivity (Wildman–Crippen MR) is 99.0 cm³/mol. The van der Waals surface area contributed by atoms with Crippen LogP contribution in [-0.2, 0) is 19.8 Å². The number of carbonyl (C=O) groups excluding carboxylic acids is 1. The quantitative estimate of drug-likeness (QED) is 0.240. The minimum atomic E-state index is -4.56. The van der Waals surface area contributed by atoms with Gasteiger partial charge in [0.05, 0.1) is 17.5 Å². The zero-order chi connectivity index (χ0) is 21.2. The number of hydrogen-bond acceptors (Lipinski definition) is 9. The fourth-order valence-electron chi connectivity index (χ4n) is 2.49. The number of anilines is 1. The first-order valence-corrected chi connectivity index (χ1v) is 9.32. The van der Waals surface area contributed by atoms with Crippen molar-refractivity contribution in [2.75, 3.05) is 12.4 Å². The lowest BCUT2D eigenvalue weighted by Gasteiger charge is -2.12. The van der Waals surface area contributed by atoms with Crippen LogP contribution in [0.3, 0.4) is 0 Å². The van der Waals surface area contributed by atoms with Gasteiger partial charge >= 0.3 is 11.7 Å². The third-order valence-electron chi connectivity index (χ3n) is 3.69. The SMILES string of the molecule is CON1NN([N+](=O)[O-])C(C(=O)Nc2ccccc2)=[N+]1c1cccc(S(=O)(=O)O)c1.[OH-]. The topological polar surface area (TPSA) is 187 Å². The van der Waals surface area contributed by atoms with E-state index in [0.29, 0.717) is 10.8 Å². The molecule has 0 fully saturated rings. The Morgan fingerprint density at radius 1 is 1.23 bits per heavy atom. The highest BCUT2D eigenvalue weighted by Crippen LogP contribution is 2.22. The number of hydrogen-bond donors (Lipinski definition) is 3. The number of carbonyl (C=O) groups is 1. The molecule has 4 N–H and O–H groups in total. The standard InChI is InChI=1S/C15H14N6O7S.H2O/c1-28-20-17-19(21(23)24)15(14(22)16-11-6-3-2-4-7-11)18(20)12-8-5-9-13(10-12)29(25,26)27;/h2-10H,1H3,(H2-,16,17,22,25,26,27);1H2. The van der Waals surface area contributed by atoms with E-state index < -0.39 is 31.8 Å². The summed E-state index contributed by atoms with van der Waals surface area (Å²) in [6, 6.07) is 13.0. The Morgan fingerprint density at radius 3 is 2.47 bits per heavy atom. The summed E-state index contributed by atoms with van der Waals surface area (Å²) in [6.45, 7) is 0. The second kappa shape index (κ2) is 8.80. The number of amidine groups is 1. The van der Waals surface area contributed by atoms with Gasteiger partial charge in [0, 0.05) is 17.0 Å². The number of rotatable bonds is 6. The summed E-state index contributed by atoms with van der Waals surface area (Å²) in [7, 11) is -3.39. The summed E-state index contributed by atoms with van der Waals surface area (Å²) in [4.78, 5) is 28.8. The molecule has 1 aliphatic heterocycles. The van der Waals surface area contributed by atoms with Gasteiger partial charge in [0.15, 0.2) is 10.8 Å². The summed E-state index contributed by atoms with van der Waals surface area (Å²) in [5.74, 6) is -1.44. The van der Waals surface area contributed by atoms with Crippen LogP contribution >= 0.6 is 0 Å². The second-order valence-electron chi connectivity index (χ2n) is 5.53. The average Bonchev–Trinajstić information content (AvgIpc) is 3.08. The molecule has 1 heterocycles. The van der Waals surface area contributed by atoms with Crippen molar-refractivity contribution < 1.29 is 37.8 Å². The Hall–Kier alpha value is -3.63. The van der Waals surface area contributed by atoms with Gasteiger partial charge < -0.3 is 10.8 Å². The highest BCUT2D eigenvalue weighted by atomic mass is 32.2. The second-order valence-corrected chi connectivity index (χ2v) is 6.95. The van der Waals surface area contributed by atoms with Gasteiger partial charge in [-0.05, 0) is 24.3 Å². The molecular weight excluding hydrogens is 424 g/mol. The Balaban J connectivity index is 0.00000320. The molecule has 0 atom stereocenters. The van der Waals surface area contributed by atoms with Gasteiger partial charge in [0.2, 0.25) is 0 Å². The van der Waals surface area contributed by atoms with Crippen molar-refractivity contribution in [1.82, 2.24) is 15.9 Å². The Morgan fingerprint density at radius 2 is 1.90 bits per heavy atom. The lowest BCUT2D eigenvalue weighted by Crippen LogP contribution is -2.49. The van der Waals surface area contributed by atoms with Gasteiger partial charge in [-0.3, -0.25) is 9.35 Å². The molecule has 30 heavy (non-hydrogen) atoms. The molecule has 0 bridgehead atoms. The minimum Gasteiger partial charge on any atom is -0.870 e. The van der Waals surface area contributed by atoms with Crippen LogP contribution < -0.4 is 10.9 Å². The first-order chi connectivity index (χ1) is 13.7. The molecule has 15 heteroatoms. The number of benzene rings is 2. The van der Waals surface area contributed by atoms with Crippen LogP contribution in [0.2, 0.25) is 0 Å². The van der Waals surface area contributed by atoms with Crippen molar-refractivity contribution in [2.24, 2.45) is 0 Å². The van der Waals surface area contributed by atoms with Gasteiger partial charge in [0.1, 0.15) is 0 Å². The zero-order valence-electron chi connectivity index (χ0n) is 15.2. The third kappa shape index (κ3) is 4.50. The van der Waals surface area contributed by atoms with Gasteiger partial charge in [-0.2, -0.15) is 8.42 Å². The fraction of sp³-hybridized carbons (Fsp3) is 0.0667. The Labute approximate surface area is 169 Å². The van der Waals surface area contributed by atoms with Crippen LogP contribution in [0, 0.1) is 10.1 Å². The maximum Gasteiger partial charge on any atom is 0.461 e. The molecule has 0 radical (unpaired) electrons. The molecule has 1 amide bonds. The van der Waals surface area contributed by atoms with Gasteiger partial charge in [-0.1, -0.05) is 28.9 Å². The lowest BCUT2D eigenvalue weighted by atomic mass is 10.3. The molecule has 1 aliphatic rings. The number of hydrazone groups is 1. The third-order valence-corrected chi connectivity index (χ3v) is 4.54. The summed E-state index contributed by atoms with van der Waals surface area (Å²) >= 11 is 0. The summed E-state index contributed by atoms with van der Waals surface area (Å²) < 4.78 is 33.1. The molecule has 2 aromatic carbocycles. The normalized spacial score (nSPS) is 13.8. The molecule has 2 aromatic rings. The first-order valence-electron chi connectivity index (χ1n) is 7.88. The van der Waals surface area contributed by atoms with Crippen molar-refractivity contribution in [3.8, 4) is 0 Å². The van der Waals surface area contributed by atoms with Crippen molar-refractivity contribution in [3.63, 3.8) is 0 Å². The molecule has 0 saturated heterocycles. The van der Waals surface area contributed by atoms with Crippen LogP contribution in [0.15, 0.2) is 59.5 Å². The highest BCUT2D eigenvalue weighted by molar-refractivity contribution is 7.85. The zero-order valence-corrected chi connectivity index (χ0v) is 16.1. The van der Waals surface area contributed by atoms with Gasteiger partial charge in [0.25, 0.3) is 15.2 Å². The lowest BCUT2D eigenvalue weighted by molar-refractivity contribution is -0.722. The maximum absolute atomic E-state index is 12.8. The monoisotopic (exact) mass is 440 g/mol. The Bertz CT molecular complexity index is 1090. The number of amides is 1. The van der Waals surface area contributed by atoms with E-state index in [4.69, 9.17) is 4.84 Å². The largest absolute Gasteiger partial charge is 0.870 e. The van der Waals surface area contributed by atoms with Crippen LogP contribution in [0.1, 0.15) is 0 Å². The molecule has 14 nitrogen and oxygen atoms in total. The first kappa shape index (κ1) is 22.7.